The molecule has 0 aromatic rings. The molecule has 0 aliphatic carbocycles. The van der Waals surface area contributed by atoms with Gasteiger partial charge in [0.15, 0.2) is 0 Å². The highest BCUT2D eigenvalue weighted by atomic mass is 19.4. The summed E-state index contributed by atoms with van der Waals surface area (Å²) in [7, 11) is 0. The van der Waals surface area contributed by atoms with Crippen LogP contribution in [0.3, 0.4) is 0 Å². The molecule has 0 fully saturated rings. The Morgan fingerprint density at radius 2 is 1.88 bits per heavy atom. The van der Waals surface area contributed by atoms with Gasteiger partial charge in [-0.25, -0.2) is 0 Å². The van der Waals surface area contributed by atoms with Crippen molar-refractivity contribution in [1.29, 1.82) is 0 Å². The maximum Gasteiger partial charge on any atom is 0.405 e. The molecule has 0 aliphatic heterocycles. The summed E-state index contributed by atoms with van der Waals surface area (Å²) in [6.07, 6.45) is -4.43. The molecule has 0 rings (SSSR count). The number of amides is 1. The molecule has 0 saturated heterocycles. The summed E-state index contributed by atoms with van der Waals surface area (Å²) in [6.45, 7) is -0.135. The van der Waals surface area contributed by atoms with Crippen molar-refractivity contribution < 1.29 is 27.5 Å². The van der Waals surface area contributed by atoms with Crippen LogP contribution in [0.25, 0.3) is 0 Å². The van der Waals surface area contributed by atoms with Crippen LogP contribution in [0.4, 0.5) is 13.2 Å². The number of hydrogen-bond donors (Lipinski definition) is 2. The Morgan fingerprint density at radius 3 is 2.38 bits per heavy atom. The fourth-order valence-electron chi connectivity index (χ4n) is 0.751. The highest BCUT2D eigenvalue weighted by Gasteiger charge is 2.27. The highest BCUT2D eigenvalue weighted by Crippen LogP contribution is 2.11. The van der Waals surface area contributed by atoms with Gasteiger partial charge in [-0.15, -0.1) is 0 Å². The normalized spacial score (nSPS) is 11.0. The molecule has 8 heteroatoms. The van der Waals surface area contributed by atoms with E-state index < -0.39 is 24.6 Å². The zero-order valence-electron chi connectivity index (χ0n) is 8.69. The number of rotatable bonds is 6. The Bertz CT molecular complexity index is 243. The number of ether oxygens (including phenoxy) is 1. The van der Waals surface area contributed by atoms with E-state index >= 15 is 0 Å². The van der Waals surface area contributed by atoms with E-state index in [1.807, 2.05) is 0 Å². The first kappa shape index (κ1) is 14.7. The molecule has 0 aliphatic rings. The van der Waals surface area contributed by atoms with Crippen LogP contribution in [0.15, 0.2) is 0 Å². The lowest BCUT2D eigenvalue weighted by atomic mass is 10.5. The van der Waals surface area contributed by atoms with E-state index in [-0.39, 0.29) is 19.7 Å². The summed E-state index contributed by atoms with van der Waals surface area (Å²) in [5.41, 5.74) is 0. The molecule has 16 heavy (non-hydrogen) atoms. The van der Waals surface area contributed by atoms with Gasteiger partial charge in [-0.1, -0.05) is 0 Å². The third kappa shape index (κ3) is 9.25. The average molecular weight is 242 g/mol. The van der Waals surface area contributed by atoms with Gasteiger partial charge in [0.1, 0.15) is 6.54 Å². The molecule has 0 spiro atoms. The van der Waals surface area contributed by atoms with Gasteiger partial charge in [0.2, 0.25) is 5.91 Å². The lowest BCUT2D eigenvalue weighted by molar-refractivity contribution is -0.142. The monoisotopic (exact) mass is 242 g/mol. The van der Waals surface area contributed by atoms with Crippen molar-refractivity contribution in [2.24, 2.45) is 0 Å². The predicted molar refractivity (Wildman–Crippen MR) is 48.6 cm³/mol. The average Bonchev–Trinajstić information content (AvgIpc) is 2.14. The number of nitrogens with one attached hydrogen (secondary N) is 2. The third-order valence-electron chi connectivity index (χ3n) is 1.35. The van der Waals surface area contributed by atoms with Crippen LogP contribution in [0.1, 0.15) is 6.92 Å². The molecule has 0 heterocycles. The van der Waals surface area contributed by atoms with Gasteiger partial charge in [-0.05, 0) is 6.92 Å². The molecule has 0 bridgehead atoms. The second-order valence-electron chi connectivity index (χ2n) is 2.80. The van der Waals surface area contributed by atoms with E-state index in [0.29, 0.717) is 0 Å². The predicted octanol–water partition coefficient (Wildman–Crippen LogP) is -0.182. The van der Waals surface area contributed by atoms with Crippen LogP contribution >= 0.6 is 0 Å². The Hall–Kier alpha value is -1.31. The summed E-state index contributed by atoms with van der Waals surface area (Å²) >= 11 is 0. The zero-order chi connectivity index (χ0) is 12.6. The van der Waals surface area contributed by atoms with Crippen molar-refractivity contribution in [2.75, 3.05) is 26.2 Å². The minimum Gasteiger partial charge on any atom is -0.465 e. The Morgan fingerprint density at radius 1 is 1.25 bits per heavy atom. The summed E-state index contributed by atoms with van der Waals surface area (Å²) in [5, 5.41) is 4.00. The summed E-state index contributed by atoms with van der Waals surface area (Å²) in [5.74, 6) is -1.40. The number of hydrogen-bond acceptors (Lipinski definition) is 4. The zero-order valence-corrected chi connectivity index (χ0v) is 8.69. The smallest absolute Gasteiger partial charge is 0.405 e. The molecule has 0 aromatic carbocycles. The van der Waals surface area contributed by atoms with Gasteiger partial charge >= 0.3 is 12.1 Å². The lowest BCUT2D eigenvalue weighted by Crippen LogP contribution is -2.40. The number of carbonyl (C=O) groups excluding carboxylic acids is 2. The molecular formula is C8H13F3N2O3. The highest BCUT2D eigenvalue weighted by molar-refractivity contribution is 5.79. The fraction of sp³-hybridized carbons (Fsp3) is 0.750. The lowest BCUT2D eigenvalue weighted by Gasteiger charge is -2.08. The van der Waals surface area contributed by atoms with Crippen LogP contribution < -0.4 is 10.6 Å². The van der Waals surface area contributed by atoms with E-state index in [2.05, 4.69) is 10.1 Å². The topological polar surface area (TPSA) is 67.4 Å². The third-order valence-corrected chi connectivity index (χ3v) is 1.35. The van der Waals surface area contributed by atoms with Crippen LogP contribution in [-0.4, -0.2) is 44.3 Å². The van der Waals surface area contributed by atoms with Crippen LogP contribution in [0.5, 0.6) is 0 Å². The summed E-state index contributed by atoms with van der Waals surface area (Å²) in [6, 6.07) is 0. The molecule has 94 valence electrons. The van der Waals surface area contributed by atoms with Crippen molar-refractivity contribution in [2.45, 2.75) is 13.1 Å². The molecule has 5 nitrogen and oxygen atoms in total. The quantitative estimate of drug-likeness (QED) is 0.634. The molecule has 0 radical (unpaired) electrons. The molecule has 2 N–H and O–H groups in total. The number of halogens is 3. The molecule has 0 aromatic heterocycles. The van der Waals surface area contributed by atoms with Gasteiger partial charge in [-0.2, -0.15) is 13.2 Å². The van der Waals surface area contributed by atoms with Crippen LogP contribution in [0.2, 0.25) is 0 Å². The second kappa shape index (κ2) is 7.04. The fourth-order valence-corrected chi connectivity index (χ4v) is 0.751. The van der Waals surface area contributed by atoms with Gasteiger partial charge in [0.25, 0.3) is 0 Å². The van der Waals surface area contributed by atoms with Crippen molar-refractivity contribution in [3.05, 3.63) is 0 Å². The minimum absolute atomic E-state index is 0.209. The van der Waals surface area contributed by atoms with Crippen LogP contribution in [0, 0.1) is 0 Å². The SMILES string of the molecule is CCOC(=O)CNCC(=O)NCC(F)(F)F. The Kier molecular flexibility index (Phi) is 6.47. The molecular weight excluding hydrogens is 229 g/mol. The molecule has 0 atom stereocenters. The molecule has 0 unspecified atom stereocenters. The van der Waals surface area contributed by atoms with E-state index in [1.165, 1.54) is 0 Å². The Balaban J connectivity index is 3.55. The van der Waals surface area contributed by atoms with E-state index in [0.717, 1.165) is 0 Å². The second-order valence-corrected chi connectivity index (χ2v) is 2.80. The first-order chi connectivity index (χ1) is 7.35. The van der Waals surface area contributed by atoms with Gasteiger partial charge in [-0.3, -0.25) is 14.9 Å². The van der Waals surface area contributed by atoms with Crippen molar-refractivity contribution in [1.82, 2.24) is 10.6 Å². The van der Waals surface area contributed by atoms with E-state index in [4.69, 9.17) is 0 Å². The van der Waals surface area contributed by atoms with Gasteiger partial charge < -0.3 is 10.1 Å². The Labute approximate surface area is 90.3 Å². The standard InChI is InChI=1S/C8H13F3N2O3/c1-2-16-7(15)4-12-3-6(14)13-5-8(9,10)11/h12H,2-5H2,1H3,(H,13,14). The summed E-state index contributed by atoms with van der Waals surface area (Å²) in [4.78, 5) is 21.5. The molecule has 1 amide bonds. The summed E-state index contributed by atoms with van der Waals surface area (Å²) < 4.78 is 39.5. The number of carbonyl (C=O) groups is 2. The maximum absolute atomic E-state index is 11.7. The van der Waals surface area contributed by atoms with Gasteiger partial charge in [0, 0.05) is 0 Å². The molecule has 0 saturated carbocycles. The van der Waals surface area contributed by atoms with E-state index in [1.54, 1.807) is 12.2 Å². The van der Waals surface area contributed by atoms with Crippen LogP contribution in [-0.2, 0) is 14.3 Å². The minimum atomic E-state index is -4.43. The van der Waals surface area contributed by atoms with Crippen molar-refractivity contribution >= 4 is 11.9 Å². The largest absolute Gasteiger partial charge is 0.465 e. The van der Waals surface area contributed by atoms with Gasteiger partial charge in [0.05, 0.1) is 19.7 Å². The van der Waals surface area contributed by atoms with Crippen molar-refractivity contribution in [3.8, 4) is 0 Å². The van der Waals surface area contributed by atoms with Crippen molar-refractivity contribution in [3.63, 3.8) is 0 Å². The van der Waals surface area contributed by atoms with E-state index in [9.17, 15) is 22.8 Å². The first-order valence-electron chi connectivity index (χ1n) is 4.55. The maximum atomic E-state index is 11.7. The number of esters is 1. The number of alkyl halides is 3. The first-order valence-corrected chi connectivity index (χ1v) is 4.55.